The van der Waals surface area contributed by atoms with E-state index in [0.717, 1.165) is 10.6 Å². The molecule has 0 radical (unpaired) electrons. The van der Waals surface area contributed by atoms with Crippen LogP contribution >= 0.6 is 22.7 Å². The lowest BCUT2D eigenvalue weighted by Crippen LogP contribution is -2.13. The summed E-state index contributed by atoms with van der Waals surface area (Å²) in [7, 11) is 0. The number of carbonyl (C=O) groups excluding carboxylic acids is 1. The van der Waals surface area contributed by atoms with Gasteiger partial charge in [0.2, 0.25) is 0 Å². The number of aromatic nitrogens is 3. The molecule has 0 unspecified atom stereocenters. The molecule has 0 saturated heterocycles. The van der Waals surface area contributed by atoms with E-state index >= 15 is 0 Å². The van der Waals surface area contributed by atoms with Crippen LogP contribution in [0.2, 0.25) is 0 Å². The highest BCUT2D eigenvalue weighted by atomic mass is 32.1. The molecule has 0 aliphatic heterocycles. The Balaban J connectivity index is 1.72. The van der Waals surface area contributed by atoms with Crippen LogP contribution < -0.4 is 5.32 Å². The Morgan fingerprint density at radius 1 is 1.33 bits per heavy atom. The molecule has 3 rings (SSSR count). The van der Waals surface area contributed by atoms with E-state index in [4.69, 9.17) is 0 Å². The van der Waals surface area contributed by atoms with Crippen molar-refractivity contribution in [2.75, 3.05) is 5.32 Å². The number of hydrogen-bond acceptors (Lipinski definition) is 5. The number of carbonyl (C=O) groups is 1. The van der Waals surface area contributed by atoms with Crippen LogP contribution in [0.1, 0.15) is 30.4 Å². The minimum atomic E-state index is -0.235. The molecule has 0 aliphatic rings. The summed E-state index contributed by atoms with van der Waals surface area (Å²) < 4.78 is 1.76. The number of rotatable bonds is 4. The van der Waals surface area contributed by atoms with E-state index in [1.807, 2.05) is 36.7 Å². The molecule has 0 spiro atoms. The molecule has 0 aromatic carbocycles. The molecule has 3 aromatic heterocycles. The van der Waals surface area contributed by atoms with Gasteiger partial charge in [0.1, 0.15) is 0 Å². The van der Waals surface area contributed by atoms with E-state index in [9.17, 15) is 4.79 Å². The lowest BCUT2D eigenvalue weighted by Gasteiger charge is -2.03. The first-order valence-corrected chi connectivity index (χ1v) is 8.25. The first kappa shape index (κ1) is 14.0. The van der Waals surface area contributed by atoms with Gasteiger partial charge in [0.05, 0.1) is 10.6 Å². The second kappa shape index (κ2) is 5.79. The van der Waals surface area contributed by atoms with Gasteiger partial charge in [0.15, 0.2) is 10.8 Å². The number of nitrogens with one attached hydrogen (secondary N) is 1. The Bertz CT molecular complexity index is 743. The Labute approximate surface area is 130 Å². The van der Waals surface area contributed by atoms with Gasteiger partial charge in [0.25, 0.3) is 5.91 Å². The van der Waals surface area contributed by atoms with Gasteiger partial charge < -0.3 is 0 Å². The molecule has 108 valence electrons. The molecule has 21 heavy (non-hydrogen) atoms. The van der Waals surface area contributed by atoms with Crippen LogP contribution in [-0.4, -0.2) is 20.7 Å². The molecule has 1 N–H and O–H groups in total. The molecular weight excluding hydrogens is 304 g/mol. The van der Waals surface area contributed by atoms with E-state index in [2.05, 4.69) is 15.4 Å². The highest BCUT2D eigenvalue weighted by molar-refractivity contribution is 7.16. The van der Waals surface area contributed by atoms with E-state index in [-0.39, 0.29) is 11.9 Å². The summed E-state index contributed by atoms with van der Waals surface area (Å²) in [4.78, 5) is 17.6. The Hall–Kier alpha value is -1.99. The molecule has 7 heteroatoms. The SMILES string of the molecule is CC(C)n1ccc(C(=O)Nc2nc(-c3cccs3)cs2)n1. The van der Waals surface area contributed by atoms with Gasteiger partial charge >= 0.3 is 0 Å². The van der Waals surface area contributed by atoms with Crippen LogP contribution in [0, 0.1) is 0 Å². The summed E-state index contributed by atoms with van der Waals surface area (Å²) in [6.07, 6.45) is 1.80. The van der Waals surface area contributed by atoms with Gasteiger partial charge in [0, 0.05) is 17.6 Å². The van der Waals surface area contributed by atoms with Gasteiger partial charge in [-0.05, 0) is 31.4 Å². The van der Waals surface area contributed by atoms with Crippen molar-refractivity contribution < 1.29 is 4.79 Å². The maximum Gasteiger partial charge on any atom is 0.277 e. The Morgan fingerprint density at radius 3 is 2.86 bits per heavy atom. The normalized spacial score (nSPS) is 11.0. The van der Waals surface area contributed by atoms with Crippen molar-refractivity contribution in [3.05, 3.63) is 40.8 Å². The minimum Gasteiger partial charge on any atom is -0.296 e. The summed E-state index contributed by atoms with van der Waals surface area (Å²) >= 11 is 3.04. The number of anilines is 1. The molecule has 0 atom stereocenters. The number of hydrogen-bond donors (Lipinski definition) is 1. The van der Waals surface area contributed by atoms with Gasteiger partial charge in [-0.3, -0.25) is 14.8 Å². The van der Waals surface area contributed by atoms with Gasteiger partial charge in [-0.15, -0.1) is 22.7 Å². The molecule has 3 heterocycles. The van der Waals surface area contributed by atoms with Crippen LogP contribution in [-0.2, 0) is 0 Å². The first-order chi connectivity index (χ1) is 10.1. The second-order valence-corrected chi connectivity index (χ2v) is 6.55. The third-order valence-electron chi connectivity index (χ3n) is 2.87. The standard InChI is InChI=1S/C14H14N4OS2/c1-9(2)18-6-5-10(17-18)13(19)16-14-15-11(8-21-14)12-4-3-7-20-12/h3-9H,1-2H3,(H,15,16,19). The van der Waals surface area contributed by atoms with Crippen molar-refractivity contribution in [2.45, 2.75) is 19.9 Å². The number of amides is 1. The minimum absolute atomic E-state index is 0.233. The summed E-state index contributed by atoms with van der Waals surface area (Å²) in [6.45, 7) is 4.03. The van der Waals surface area contributed by atoms with Gasteiger partial charge in [-0.25, -0.2) is 4.98 Å². The zero-order valence-electron chi connectivity index (χ0n) is 11.6. The lowest BCUT2D eigenvalue weighted by atomic mass is 10.4. The predicted molar refractivity (Wildman–Crippen MR) is 86.0 cm³/mol. The zero-order chi connectivity index (χ0) is 14.8. The van der Waals surface area contributed by atoms with Gasteiger partial charge in [-0.2, -0.15) is 5.10 Å². The maximum absolute atomic E-state index is 12.1. The van der Waals surface area contributed by atoms with Crippen LogP contribution in [0.15, 0.2) is 35.2 Å². The smallest absolute Gasteiger partial charge is 0.277 e. The molecule has 5 nitrogen and oxygen atoms in total. The average Bonchev–Trinajstić information content (AvgIpc) is 3.19. The topological polar surface area (TPSA) is 59.8 Å². The molecular formula is C14H14N4OS2. The predicted octanol–water partition coefficient (Wildman–Crippen LogP) is 3.90. The van der Waals surface area contributed by atoms with Crippen molar-refractivity contribution >= 4 is 33.7 Å². The highest BCUT2D eigenvalue weighted by Crippen LogP contribution is 2.28. The van der Waals surface area contributed by atoms with Gasteiger partial charge in [-0.1, -0.05) is 6.07 Å². The van der Waals surface area contributed by atoms with E-state index in [0.29, 0.717) is 10.8 Å². The summed E-state index contributed by atoms with van der Waals surface area (Å²) in [5.41, 5.74) is 1.29. The molecule has 0 bridgehead atoms. The molecule has 0 fully saturated rings. The van der Waals surface area contributed by atoms with Crippen LogP contribution in [0.4, 0.5) is 5.13 Å². The van der Waals surface area contributed by atoms with Crippen LogP contribution in [0.5, 0.6) is 0 Å². The van der Waals surface area contributed by atoms with Crippen molar-refractivity contribution in [3.63, 3.8) is 0 Å². The average molecular weight is 318 g/mol. The number of thiazole rings is 1. The van der Waals surface area contributed by atoms with Crippen LogP contribution in [0.3, 0.4) is 0 Å². The van der Waals surface area contributed by atoms with Crippen molar-refractivity contribution in [1.29, 1.82) is 0 Å². The Kier molecular flexibility index (Phi) is 3.85. The highest BCUT2D eigenvalue weighted by Gasteiger charge is 2.13. The fourth-order valence-corrected chi connectivity index (χ4v) is 3.24. The largest absolute Gasteiger partial charge is 0.296 e. The molecule has 0 saturated carbocycles. The van der Waals surface area contributed by atoms with Crippen molar-refractivity contribution in [3.8, 4) is 10.6 Å². The van der Waals surface area contributed by atoms with Crippen molar-refractivity contribution in [1.82, 2.24) is 14.8 Å². The third-order valence-corrected chi connectivity index (χ3v) is 4.52. The lowest BCUT2D eigenvalue weighted by molar-refractivity contribution is 0.102. The second-order valence-electron chi connectivity index (χ2n) is 4.74. The van der Waals surface area contributed by atoms with Crippen molar-refractivity contribution in [2.24, 2.45) is 0 Å². The Morgan fingerprint density at radius 2 is 2.19 bits per heavy atom. The maximum atomic E-state index is 12.1. The number of nitrogens with zero attached hydrogens (tertiary/aromatic N) is 3. The monoisotopic (exact) mass is 318 g/mol. The van der Waals surface area contributed by atoms with E-state index in [1.54, 1.807) is 28.3 Å². The fraction of sp³-hybridized carbons (Fsp3) is 0.214. The number of thiophene rings is 1. The molecule has 1 amide bonds. The van der Waals surface area contributed by atoms with E-state index in [1.165, 1.54) is 11.3 Å². The first-order valence-electron chi connectivity index (χ1n) is 6.49. The van der Waals surface area contributed by atoms with Crippen LogP contribution in [0.25, 0.3) is 10.6 Å². The molecule has 3 aromatic rings. The summed E-state index contributed by atoms with van der Waals surface area (Å²) in [6, 6.07) is 5.94. The van der Waals surface area contributed by atoms with E-state index < -0.39 is 0 Å². The quantitative estimate of drug-likeness (QED) is 0.793. The zero-order valence-corrected chi connectivity index (χ0v) is 13.2. The molecule has 0 aliphatic carbocycles. The summed E-state index contributed by atoms with van der Waals surface area (Å²) in [5, 5.41) is 11.6. The fourth-order valence-electron chi connectivity index (χ4n) is 1.78. The third kappa shape index (κ3) is 3.03. The summed E-state index contributed by atoms with van der Waals surface area (Å²) in [5.74, 6) is -0.235.